The molecule has 0 bridgehead atoms. The maximum atomic E-state index is 12.3. The molecule has 3 rings (SSSR count). The van der Waals surface area contributed by atoms with Gasteiger partial charge >= 0.3 is 0 Å². The van der Waals surface area contributed by atoms with Crippen molar-refractivity contribution in [3.63, 3.8) is 0 Å². The molecule has 0 atom stereocenters. The van der Waals surface area contributed by atoms with Crippen LogP contribution >= 0.6 is 11.6 Å². The van der Waals surface area contributed by atoms with Crippen LogP contribution in [0.15, 0.2) is 65.6 Å². The molecule has 0 radical (unpaired) electrons. The number of pyridine rings is 1. The van der Waals surface area contributed by atoms with Crippen molar-refractivity contribution in [1.82, 2.24) is 4.98 Å². The van der Waals surface area contributed by atoms with Crippen LogP contribution in [0, 0.1) is 0 Å². The Balaban J connectivity index is 1.98. The molecule has 0 aliphatic carbocycles. The van der Waals surface area contributed by atoms with E-state index in [-0.39, 0.29) is 5.75 Å². The summed E-state index contributed by atoms with van der Waals surface area (Å²) in [6.07, 6.45) is 0. The summed E-state index contributed by atoms with van der Waals surface area (Å²) in [4.78, 5) is 4.69. The number of rotatable bonds is 3. The molecule has 3 aromatic rings. The summed E-state index contributed by atoms with van der Waals surface area (Å²) in [5.41, 5.74) is 1.21. The molecule has 0 N–H and O–H groups in total. The van der Waals surface area contributed by atoms with E-state index in [4.69, 9.17) is 11.6 Å². The van der Waals surface area contributed by atoms with E-state index in [1.807, 2.05) is 12.1 Å². The first-order valence-electron chi connectivity index (χ1n) is 6.38. The summed E-state index contributed by atoms with van der Waals surface area (Å²) in [5.74, 6) is -0.126. The normalized spacial score (nSPS) is 11.7. The molecule has 1 aromatic heterocycles. The molecule has 3 nitrogen and oxygen atoms in total. The van der Waals surface area contributed by atoms with Gasteiger partial charge < -0.3 is 0 Å². The summed E-state index contributed by atoms with van der Waals surface area (Å²) in [5, 5.41) is 1.51. The van der Waals surface area contributed by atoms with E-state index in [1.165, 1.54) is 0 Å². The highest BCUT2D eigenvalue weighted by molar-refractivity contribution is 7.90. The Hall–Kier alpha value is -1.91. The lowest BCUT2D eigenvalue weighted by molar-refractivity contribution is 0.594. The maximum Gasteiger partial charge on any atom is 0.184 e. The molecular formula is C16H12ClNO2S. The fraction of sp³-hybridized carbons (Fsp3) is 0.0625. The number of sulfone groups is 1. The summed E-state index contributed by atoms with van der Waals surface area (Å²) in [6, 6.07) is 17.4. The molecule has 5 heteroatoms. The third kappa shape index (κ3) is 3.06. The van der Waals surface area contributed by atoms with Gasteiger partial charge in [-0.25, -0.2) is 8.42 Å². The largest absolute Gasteiger partial charge is 0.252 e. The van der Waals surface area contributed by atoms with Crippen molar-refractivity contribution >= 4 is 32.3 Å². The molecule has 21 heavy (non-hydrogen) atoms. The van der Waals surface area contributed by atoms with Gasteiger partial charge in [-0.3, -0.25) is 4.98 Å². The van der Waals surface area contributed by atoms with E-state index in [1.54, 1.807) is 48.5 Å². The van der Waals surface area contributed by atoms with Crippen LogP contribution in [0.25, 0.3) is 10.9 Å². The molecule has 0 saturated carbocycles. The van der Waals surface area contributed by atoms with Gasteiger partial charge in [-0.2, -0.15) is 0 Å². The van der Waals surface area contributed by atoms with Crippen molar-refractivity contribution in [3.8, 4) is 0 Å². The van der Waals surface area contributed by atoms with Crippen LogP contribution in [0.4, 0.5) is 0 Å². The van der Waals surface area contributed by atoms with Gasteiger partial charge in [0.2, 0.25) is 0 Å². The Bertz CT molecular complexity index is 893. The summed E-state index contributed by atoms with van der Waals surface area (Å²) in [6.45, 7) is 0. The third-order valence-electron chi connectivity index (χ3n) is 3.15. The quantitative estimate of drug-likeness (QED) is 0.737. The average molecular weight is 318 g/mol. The number of hydrogen-bond donors (Lipinski definition) is 0. The van der Waals surface area contributed by atoms with E-state index in [2.05, 4.69) is 4.98 Å². The Kier molecular flexibility index (Phi) is 3.66. The minimum absolute atomic E-state index is 0.126. The standard InChI is InChI=1S/C16H12ClNO2S/c17-13-8-6-12-7-9-14(18-16(12)10-13)11-21(19,20)15-4-2-1-3-5-15/h1-10H,11H2. The van der Waals surface area contributed by atoms with E-state index in [0.717, 1.165) is 5.39 Å². The lowest BCUT2D eigenvalue weighted by Gasteiger charge is -2.05. The highest BCUT2D eigenvalue weighted by Crippen LogP contribution is 2.20. The second-order valence-electron chi connectivity index (χ2n) is 4.71. The Morgan fingerprint density at radius 1 is 0.952 bits per heavy atom. The molecule has 0 fully saturated rings. The molecule has 0 unspecified atom stereocenters. The molecule has 2 aromatic carbocycles. The van der Waals surface area contributed by atoms with Gasteiger partial charge in [0.1, 0.15) is 0 Å². The molecular weight excluding hydrogens is 306 g/mol. The summed E-state index contributed by atoms with van der Waals surface area (Å²) >= 11 is 5.94. The first-order chi connectivity index (χ1) is 10.0. The van der Waals surface area contributed by atoms with Crippen LogP contribution in [0.1, 0.15) is 5.69 Å². The van der Waals surface area contributed by atoms with E-state index >= 15 is 0 Å². The van der Waals surface area contributed by atoms with Crippen LogP contribution in [0.3, 0.4) is 0 Å². The third-order valence-corrected chi connectivity index (χ3v) is 5.05. The smallest absolute Gasteiger partial charge is 0.184 e. The van der Waals surface area contributed by atoms with Crippen LogP contribution < -0.4 is 0 Å². The first-order valence-corrected chi connectivity index (χ1v) is 8.41. The number of fused-ring (bicyclic) bond motifs is 1. The van der Waals surface area contributed by atoms with Crippen molar-refractivity contribution in [2.45, 2.75) is 10.6 Å². The van der Waals surface area contributed by atoms with Crippen LogP contribution in [0.5, 0.6) is 0 Å². The highest BCUT2D eigenvalue weighted by Gasteiger charge is 2.15. The SMILES string of the molecule is O=S(=O)(Cc1ccc2ccc(Cl)cc2n1)c1ccccc1. The van der Waals surface area contributed by atoms with Crippen molar-refractivity contribution in [2.24, 2.45) is 0 Å². The maximum absolute atomic E-state index is 12.3. The highest BCUT2D eigenvalue weighted by atomic mass is 35.5. The van der Waals surface area contributed by atoms with Gasteiger partial charge in [-0.1, -0.05) is 41.9 Å². The van der Waals surface area contributed by atoms with Crippen LogP contribution in [-0.4, -0.2) is 13.4 Å². The van der Waals surface area contributed by atoms with Crippen molar-refractivity contribution in [1.29, 1.82) is 0 Å². The zero-order valence-electron chi connectivity index (χ0n) is 11.0. The van der Waals surface area contributed by atoms with Gasteiger partial charge in [0.25, 0.3) is 0 Å². The molecule has 0 saturated heterocycles. The molecule has 0 aliphatic rings. The van der Waals surface area contributed by atoms with Crippen molar-refractivity contribution in [2.75, 3.05) is 0 Å². The minimum Gasteiger partial charge on any atom is -0.252 e. The predicted octanol–water partition coefficient (Wildman–Crippen LogP) is 3.86. The second kappa shape index (κ2) is 5.47. The zero-order chi connectivity index (χ0) is 14.9. The van der Waals surface area contributed by atoms with Gasteiger partial charge in [0.05, 0.1) is 21.9 Å². The Labute approximate surface area is 128 Å². The zero-order valence-corrected chi connectivity index (χ0v) is 12.6. The molecule has 0 spiro atoms. The molecule has 106 valence electrons. The van der Waals surface area contributed by atoms with Crippen LogP contribution in [-0.2, 0) is 15.6 Å². The average Bonchev–Trinajstić information content (AvgIpc) is 2.47. The number of nitrogens with zero attached hydrogens (tertiary/aromatic N) is 1. The van der Waals surface area contributed by atoms with E-state index in [0.29, 0.717) is 21.1 Å². The van der Waals surface area contributed by atoms with Gasteiger partial charge in [0.15, 0.2) is 9.84 Å². The fourth-order valence-corrected chi connectivity index (χ4v) is 3.57. The first kappa shape index (κ1) is 14.0. The molecule has 1 heterocycles. The number of benzene rings is 2. The van der Waals surface area contributed by atoms with Crippen molar-refractivity contribution in [3.05, 3.63) is 71.4 Å². The number of hydrogen-bond acceptors (Lipinski definition) is 3. The topological polar surface area (TPSA) is 47.0 Å². The van der Waals surface area contributed by atoms with Crippen molar-refractivity contribution < 1.29 is 8.42 Å². The molecule has 0 amide bonds. The monoisotopic (exact) mass is 317 g/mol. The van der Waals surface area contributed by atoms with Gasteiger partial charge in [0, 0.05) is 10.4 Å². The fourth-order valence-electron chi connectivity index (χ4n) is 2.12. The van der Waals surface area contributed by atoms with Gasteiger partial charge in [-0.05, 0) is 30.3 Å². The minimum atomic E-state index is -3.39. The summed E-state index contributed by atoms with van der Waals surface area (Å²) < 4.78 is 24.7. The number of halogens is 1. The van der Waals surface area contributed by atoms with E-state index in [9.17, 15) is 8.42 Å². The Morgan fingerprint density at radius 3 is 2.43 bits per heavy atom. The van der Waals surface area contributed by atoms with Crippen LogP contribution in [0.2, 0.25) is 5.02 Å². The lowest BCUT2D eigenvalue weighted by atomic mass is 10.2. The van der Waals surface area contributed by atoms with Gasteiger partial charge in [-0.15, -0.1) is 0 Å². The Morgan fingerprint density at radius 2 is 1.67 bits per heavy atom. The van der Waals surface area contributed by atoms with E-state index < -0.39 is 9.84 Å². The summed E-state index contributed by atoms with van der Waals surface area (Å²) in [7, 11) is -3.39. The molecule has 0 aliphatic heterocycles. The second-order valence-corrected chi connectivity index (χ2v) is 7.14. The predicted molar refractivity (Wildman–Crippen MR) is 84.1 cm³/mol. The number of aromatic nitrogens is 1. The lowest BCUT2D eigenvalue weighted by Crippen LogP contribution is -2.06.